The number of unbranched alkanes of at least 4 members (excludes halogenated alkanes) is 2. The summed E-state index contributed by atoms with van der Waals surface area (Å²) in [4.78, 5) is 11.7. The molecular weight excluding hydrogens is 226 g/mol. The molecule has 100 valence electrons. The third-order valence-electron chi connectivity index (χ3n) is 3.01. The van der Waals surface area contributed by atoms with Gasteiger partial charge in [0.15, 0.2) is 0 Å². The molecule has 0 aliphatic rings. The summed E-state index contributed by atoms with van der Waals surface area (Å²) in [6, 6.07) is 6.19. The number of nitrogens with one attached hydrogen (secondary N) is 1. The number of hydrogen-bond acceptors (Lipinski definition) is 2. The van der Waals surface area contributed by atoms with Crippen molar-refractivity contribution in [2.45, 2.75) is 39.5 Å². The minimum absolute atomic E-state index is 0.0766. The summed E-state index contributed by atoms with van der Waals surface area (Å²) in [5, 5.41) is 11.6. The van der Waals surface area contributed by atoms with Crippen molar-refractivity contribution in [3.63, 3.8) is 0 Å². The molecule has 0 aliphatic carbocycles. The maximum atomic E-state index is 11.7. The SMILES string of the molecule is Cc1ccc(C)c(CC(=O)NCCCCCO)c1. The lowest BCUT2D eigenvalue weighted by molar-refractivity contribution is -0.120. The fourth-order valence-corrected chi connectivity index (χ4v) is 1.87. The van der Waals surface area contributed by atoms with Crippen LogP contribution in [0.15, 0.2) is 18.2 Å². The fourth-order valence-electron chi connectivity index (χ4n) is 1.87. The van der Waals surface area contributed by atoms with E-state index in [-0.39, 0.29) is 12.5 Å². The minimum atomic E-state index is 0.0766. The maximum absolute atomic E-state index is 11.7. The first kappa shape index (κ1) is 14.7. The highest BCUT2D eigenvalue weighted by atomic mass is 16.2. The summed E-state index contributed by atoms with van der Waals surface area (Å²) < 4.78 is 0. The summed E-state index contributed by atoms with van der Waals surface area (Å²) >= 11 is 0. The molecule has 0 unspecified atom stereocenters. The van der Waals surface area contributed by atoms with Gasteiger partial charge in [0, 0.05) is 13.2 Å². The average Bonchev–Trinajstić information content (AvgIpc) is 2.33. The molecule has 1 aromatic carbocycles. The van der Waals surface area contributed by atoms with Gasteiger partial charge in [0.1, 0.15) is 0 Å². The molecule has 0 fully saturated rings. The monoisotopic (exact) mass is 249 g/mol. The van der Waals surface area contributed by atoms with Crippen LogP contribution in [-0.4, -0.2) is 24.2 Å². The van der Waals surface area contributed by atoms with Crippen molar-refractivity contribution >= 4 is 5.91 Å². The number of benzene rings is 1. The van der Waals surface area contributed by atoms with E-state index in [1.54, 1.807) is 0 Å². The van der Waals surface area contributed by atoms with Gasteiger partial charge in [-0.2, -0.15) is 0 Å². The Labute approximate surface area is 109 Å². The van der Waals surface area contributed by atoms with Crippen molar-refractivity contribution in [2.24, 2.45) is 0 Å². The average molecular weight is 249 g/mol. The summed E-state index contributed by atoms with van der Waals surface area (Å²) in [5.74, 6) is 0.0766. The van der Waals surface area contributed by atoms with Crippen LogP contribution in [0.4, 0.5) is 0 Å². The molecule has 0 aromatic heterocycles. The van der Waals surface area contributed by atoms with Gasteiger partial charge in [-0.3, -0.25) is 4.79 Å². The van der Waals surface area contributed by atoms with Crippen molar-refractivity contribution in [2.75, 3.05) is 13.2 Å². The van der Waals surface area contributed by atoms with Crippen LogP contribution >= 0.6 is 0 Å². The third kappa shape index (κ3) is 5.32. The molecule has 1 aromatic rings. The second-order valence-corrected chi connectivity index (χ2v) is 4.74. The third-order valence-corrected chi connectivity index (χ3v) is 3.01. The van der Waals surface area contributed by atoms with Gasteiger partial charge in [0.05, 0.1) is 6.42 Å². The number of aryl methyl sites for hydroxylation is 2. The van der Waals surface area contributed by atoms with Crippen molar-refractivity contribution in [1.29, 1.82) is 0 Å². The number of amides is 1. The Morgan fingerprint density at radius 2 is 2.00 bits per heavy atom. The second-order valence-electron chi connectivity index (χ2n) is 4.74. The second kappa shape index (κ2) is 7.88. The van der Waals surface area contributed by atoms with E-state index in [1.807, 2.05) is 13.8 Å². The van der Waals surface area contributed by atoms with Crippen LogP contribution in [0.5, 0.6) is 0 Å². The number of aliphatic hydroxyl groups excluding tert-OH is 1. The van der Waals surface area contributed by atoms with E-state index in [0.717, 1.165) is 30.4 Å². The smallest absolute Gasteiger partial charge is 0.224 e. The fraction of sp³-hybridized carbons (Fsp3) is 0.533. The van der Waals surface area contributed by atoms with Gasteiger partial charge in [0.25, 0.3) is 0 Å². The molecule has 0 atom stereocenters. The highest BCUT2D eigenvalue weighted by Gasteiger charge is 2.05. The van der Waals surface area contributed by atoms with Gasteiger partial charge in [-0.05, 0) is 44.2 Å². The molecule has 0 bridgehead atoms. The molecule has 1 amide bonds. The van der Waals surface area contributed by atoms with E-state index in [0.29, 0.717) is 13.0 Å². The number of hydrogen-bond donors (Lipinski definition) is 2. The maximum Gasteiger partial charge on any atom is 0.224 e. The Morgan fingerprint density at radius 3 is 2.72 bits per heavy atom. The number of aliphatic hydroxyl groups is 1. The summed E-state index contributed by atoms with van der Waals surface area (Å²) in [6.07, 6.45) is 3.15. The number of rotatable bonds is 7. The zero-order chi connectivity index (χ0) is 13.4. The minimum Gasteiger partial charge on any atom is -0.396 e. The predicted molar refractivity (Wildman–Crippen MR) is 73.6 cm³/mol. The molecule has 2 N–H and O–H groups in total. The van der Waals surface area contributed by atoms with Crippen LogP contribution in [0.1, 0.15) is 36.0 Å². The van der Waals surface area contributed by atoms with E-state index < -0.39 is 0 Å². The molecule has 18 heavy (non-hydrogen) atoms. The van der Waals surface area contributed by atoms with Crippen LogP contribution in [0.25, 0.3) is 0 Å². The van der Waals surface area contributed by atoms with Crippen LogP contribution in [-0.2, 0) is 11.2 Å². The summed E-state index contributed by atoms with van der Waals surface area (Å²) in [6.45, 7) is 5.00. The molecule has 3 nitrogen and oxygen atoms in total. The Balaban J connectivity index is 2.33. The van der Waals surface area contributed by atoms with E-state index in [9.17, 15) is 4.79 Å². The molecule has 0 saturated heterocycles. The van der Waals surface area contributed by atoms with Crippen molar-refractivity contribution in [1.82, 2.24) is 5.32 Å². The zero-order valence-electron chi connectivity index (χ0n) is 11.3. The first-order chi connectivity index (χ1) is 8.63. The molecular formula is C15H23NO2. The van der Waals surface area contributed by atoms with Gasteiger partial charge < -0.3 is 10.4 Å². The number of carbonyl (C=O) groups excluding carboxylic acids is 1. The van der Waals surface area contributed by atoms with Crippen molar-refractivity contribution < 1.29 is 9.90 Å². The van der Waals surface area contributed by atoms with Crippen LogP contribution < -0.4 is 5.32 Å². The Morgan fingerprint density at radius 1 is 1.22 bits per heavy atom. The van der Waals surface area contributed by atoms with E-state index in [4.69, 9.17) is 5.11 Å². The van der Waals surface area contributed by atoms with Crippen molar-refractivity contribution in [3.05, 3.63) is 34.9 Å². The Kier molecular flexibility index (Phi) is 6.44. The molecule has 0 saturated carbocycles. The molecule has 3 heteroatoms. The van der Waals surface area contributed by atoms with Gasteiger partial charge in [-0.15, -0.1) is 0 Å². The Hall–Kier alpha value is -1.35. The molecule has 1 rings (SSSR count). The molecule has 0 radical (unpaired) electrons. The lowest BCUT2D eigenvalue weighted by atomic mass is 10.0. The Bertz CT molecular complexity index is 388. The predicted octanol–water partition coefficient (Wildman–Crippen LogP) is 2.12. The van der Waals surface area contributed by atoms with Crippen LogP contribution in [0.3, 0.4) is 0 Å². The van der Waals surface area contributed by atoms with E-state index in [1.165, 1.54) is 5.56 Å². The van der Waals surface area contributed by atoms with Gasteiger partial charge in [-0.25, -0.2) is 0 Å². The highest BCUT2D eigenvalue weighted by Crippen LogP contribution is 2.11. The summed E-state index contributed by atoms with van der Waals surface area (Å²) in [7, 11) is 0. The molecule has 0 spiro atoms. The van der Waals surface area contributed by atoms with Gasteiger partial charge >= 0.3 is 0 Å². The standard InChI is InChI=1S/C15H23NO2/c1-12-6-7-13(2)14(10-12)11-15(18)16-8-4-3-5-9-17/h6-7,10,17H,3-5,8-9,11H2,1-2H3,(H,16,18). The van der Waals surface area contributed by atoms with E-state index in [2.05, 4.69) is 23.5 Å². The molecule has 0 heterocycles. The highest BCUT2D eigenvalue weighted by molar-refractivity contribution is 5.78. The van der Waals surface area contributed by atoms with Crippen molar-refractivity contribution in [3.8, 4) is 0 Å². The quantitative estimate of drug-likeness (QED) is 0.727. The van der Waals surface area contributed by atoms with E-state index >= 15 is 0 Å². The normalized spacial score (nSPS) is 10.4. The van der Waals surface area contributed by atoms with Crippen LogP contribution in [0.2, 0.25) is 0 Å². The topological polar surface area (TPSA) is 49.3 Å². The first-order valence-electron chi connectivity index (χ1n) is 6.57. The van der Waals surface area contributed by atoms with Gasteiger partial charge in [-0.1, -0.05) is 23.8 Å². The largest absolute Gasteiger partial charge is 0.396 e. The lowest BCUT2D eigenvalue weighted by Crippen LogP contribution is -2.26. The molecule has 0 aliphatic heterocycles. The number of carbonyl (C=O) groups is 1. The zero-order valence-corrected chi connectivity index (χ0v) is 11.3. The summed E-state index contributed by atoms with van der Waals surface area (Å²) in [5.41, 5.74) is 3.45. The lowest BCUT2D eigenvalue weighted by Gasteiger charge is -2.08. The van der Waals surface area contributed by atoms with Crippen LogP contribution in [0, 0.1) is 13.8 Å². The van der Waals surface area contributed by atoms with Gasteiger partial charge in [0.2, 0.25) is 5.91 Å². The first-order valence-corrected chi connectivity index (χ1v) is 6.57.